The lowest BCUT2D eigenvalue weighted by atomic mass is 9.78. The van der Waals surface area contributed by atoms with Crippen molar-refractivity contribution in [3.05, 3.63) is 0 Å². The summed E-state index contributed by atoms with van der Waals surface area (Å²) in [7, 11) is 0. The standard InChI is InChI=1S/C19H33Cl2N3O4/c1-9-11-5-6-24(17(11)23-8-22-9)18-15(26)19(2,27)16(28-18)14(25)10-3-4-12(20)13(21)7-10/h9-18,22-23,25-27H,3-8H2,1-2H3/t9?,10?,11?,12?,13?,14-,15+,16-,17?,18-,19+/m1/s1. The first kappa shape index (κ1) is 21.5. The van der Waals surface area contributed by atoms with E-state index in [-0.39, 0.29) is 22.8 Å². The van der Waals surface area contributed by atoms with Crippen LogP contribution in [0, 0.1) is 11.8 Å². The van der Waals surface area contributed by atoms with Gasteiger partial charge in [-0.2, -0.15) is 0 Å². The molecule has 4 rings (SSSR count). The average Bonchev–Trinajstić information content (AvgIpc) is 3.17. The number of nitrogens with zero attached hydrogens (tertiary/aromatic N) is 1. The van der Waals surface area contributed by atoms with Gasteiger partial charge in [0.2, 0.25) is 0 Å². The van der Waals surface area contributed by atoms with Gasteiger partial charge in [-0.1, -0.05) is 0 Å². The van der Waals surface area contributed by atoms with Crippen molar-refractivity contribution in [3.8, 4) is 0 Å². The Morgan fingerprint density at radius 2 is 1.93 bits per heavy atom. The van der Waals surface area contributed by atoms with E-state index in [4.69, 9.17) is 27.9 Å². The lowest BCUT2D eigenvalue weighted by molar-refractivity contribution is -0.145. The van der Waals surface area contributed by atoms with Crippen molar-refractivity contribution in [2.24, 2.45) is 11.8 Å². The smallest absolute Gasteiger partial charge is 0.141 e. The van der Waals surface area contributed by atoms with Crippen LogP contribution in [0.2, 0.25) is 0 Å². The summed E-state index contributed by atoms with van der Waals surface area (Å²) in [6.07, 6.45) is -0.426. The fraction of sp³-hybridized carbons (Fsp3) is 1.00. The van der Waals surface area contributed by atoms with E-state index < -0.39 is 30.1 Å². The number of hydrogen-bond donors (Lipinski definition) is 5. The van der Waals surface area contributed by atoms with Crippen LogP contribution in [0.25, 0.3) is 0 Å². The van der Waals surface area contributed by atoms with Crippen molar-refractivity contribution >= 4 is 23.2 Å². The van der Waals surface area contributed by atoms with Crippen LogP contribution in [-0.2, 0) is 4.74 Å². The van der Waals surface area contributed by atoms with Crippen LogP contribution in [0.5, 0.6) is 0 Å². The lowest BCUT2D eigenvalue weighted by Crippen LogP contribution is -2.62. The maximum absolute atomic E-state index is 11.1. The maximum atomic E-state index is 11.1. The molecule has 6 unspecified atom stereocenters. The van der Waals surface area contributed by atoms with Gasteiger partial charge in [0.15, 0.2) is 0 Å². The van der Waals surface area contributed by atoms with E-state index in [1.54, 1.807) is 6.92 Å². The number of aliphatic hydroxyl groups is 3. The molecule has 5 N–H and O–H groups in total. The summed E-state index contributed by atoms with van der Waals surface area (Å²) in [6.45, 7) is 5.20. The molecule has 0 aromatic rings. The van der Waals surface area contributed by atoms with Crippen LogP contribution in [0.1, 0.15) is 39.5 Å². The molecule has 28 heavy (non-hydrogen) atoms. The van der Waals surface area contributed by atoms with E-state index >= 15 is 0 Å². The zero-order chi connectivity index (χ0) is 20.2. The molecule has 0 amide bonds. The van der Waals surface area contributed by atoms with Gasteiger partial charge in [-0.3, -0.25) is 10.2 Å². The molecule has 11 atom stereocenters. The summed E-state index contributed by atoms with van der Waals surface area (Å²) in [6, 6.07) is 0.378. The number of likely N-dealkylation sites (tertiary alicyclic amines) is 1. The molecule has 1 saturated carbocycles. The van der Waals surface area contributed by atoms with Gasteiger partial charge in [0.05, 0.1) is 17.6 Å². The molecule has 3 heterocycles. The summed E-state index contributed by atoms with van der Waals surface area (Å²) in [5, 5.41) is 39.6. The van der Waals surface area contributed by atoms with Crippen LogP contribution < -0.4 is 10.6 Å². The molecule has 0 bridgehead atoms. The Morgan fingerprint density at radius 1 is 1.18 bits per heavy atom. The van der Waals surface area contributed by atoms with Crippen LogP contribution in [-0.4, -0.2) is 86.5 Å². The topological polar surface area (TPSA) is 97.2 Å². The fourth-order valence-electron chi connectivity index (χ4n) is 5.57. The normalized spacial score (nSPS) is 53.9. The summed E-state index contributed by atoms with van der Waals surface area (Å²) in [4.78, 5) is 2.11. The molecule has 0 aromatic carbocycles. The third-order valence-corrected chi connectivity index (χ3v) is 8.58. The number of nitrogens with one attached hydrogen (secondary N) is 2. The number of fused-ring (bicyclic) bond motifs is 1. The first-order valence-electron chi connectivity index (χ1n) is 10.5. The predicted molar refractivity (Wildman–Crippen MR) is 107 cm³/mol. The lowest BCUT2D eigenvalue weighted by Gasteiger charge is -2.40. The molecular formula is C19H33Cl2N3O4. The SMILES string of the molecule is CC1NCNC2C1CCN2[C@@H]1O[C@H]([C@H](O)C2CCC(Cl)C(Cl)C2)[C@@](C)(O)[C@H]1O. The maximum Gasteiger partial charge on any atom is 0.141 e. The number of hydrogen-bond acceptors (Lipinski definition) is 7. The Balaban J connectivity index is 1.48. The monoisotopic (exact) mass is 437 g/mol. The van der Waals surface area contributed by atoms with E-state index in [1.807, 2.05) is 0 Å². The first-order valence-corrected chi connectivity index (χ1v) is 11.3. The summed E-state index contributed by atoms with van der Waals surface area (Å²) < 4.78 is 6.17. The van der Waals surface area contributed by atoms with Crippen molar-refractivity contribution in [2.75, 3.05) is 13.2 Å². The van der Waals surface area contributed by atoms with Gasteiger partial charge in [0, 0.05) is 30.6 Å². The van der Waals surface area contributed by atoms with Gasteiger partial charge in [0.25, 0.3) is 0 Å². The molecule has 7 nitrogen and oxygen atoms in total. The highest BCUT2D eigenvalue weighted by Gasteiger charge is 2.59. The Bertz CT molecular complexity index is 571. The van der Waals surface area contributed by atoms with Gasteiger partial charge in [-0.15, -0.1) is 23.2 Å². The second-order valence-electron chi connectivity index (χ2n) is 9.22. The summed E-state index contributed by atoms with van der Waals surface area (Å²) >= 11 is 12.5. The van der Waals surface area contributed by atoms with Gasteiger partial charge < -0.3 is 25.4 Å². The van der Waals surface area contributed by atoms with Crippen LogP contribution in [0.3, 0.4) is 0 Å². The van der Waals surface area contributed by atoms with Gasteiger partial charge in [-0.05, 0) is 45.4 Å². The Kier molecular flexibility index (Phi) is 6.22. The third-order valence-electron chi connectivity index (χ3n) is 7.45. The number of rotatable bonds is 3. The molecule has 0 spiro atoms. The number of halogens is 2. The highest BCUT2D eigenvalue weighted by Crippen LogP contribution is 2.43. The van der Waals surface area contributed by atoms with E-state index in [2.05, 4.69) is 22.5 Å². The Labute approximate surface area is 176 Å². The molecule has 0 aromatic heterocycles. The van der Waals surface area contributed by atoms with E-state index in [1.165, 1.54) is 0 Å². The first-order chi connectivity index (χ1) is 13.2. The van der Waals surface area contributed by atoms with Crippen molar-refractivity contribution in [2.45, 2.75) is 92.6 Å². The molecule has 3 aliphatic heterocycles. The zero-order valence-corrected chi connectivity index (χ0v) is 18.0. The van der Waals surface area contributed by atoms with Gasteiger partial charge in [-0.25, -0.2) is 0 Å². The fourth-order valence-corrected chi connectivity index (χ4v) is 6.15. The second-order valence-corrected chi connectivity index (χ2v) is 10.3. The molecular weight excluding hydrogens is 405 g/mol. The van der Waals surface area contributed by atoms with Crippen molar-refractivity contribution < 1.29 is 20.1 Å². The highest BCUT2D eigenvalue weighted by molar-refractivity contribution is 6.30. The molecule has 162 valence electrons. The van der Waals surface area contributed by atoms with Crippen LogP contribution in [0.15, 0.2) is 0 Å². The van der Waals surface area contributed by atoms with E-state index in [0.717, 1.165) is 25.8 Å². The second kappa shape index (κ2) is 8.09. The average molecular weight is 438 g/mol. The Hall–Kier alpha value is 0.300. The Morgan fingerprint density at radius 3 is 2.64 bits per heavy atom. The molecule has 9 heteroatoms. The molecule has 4 fully saturated rings. The van der Waals surface area contributed by atoms with Crippen molar-refractivity contribution in [1.82, 2.24) is 15.5 Å². The zero-order valence-electron chi connectivity index (χ0n) is 16.5. The van der Waals surface area contributed by atoms with Crippen LogP contribution in [0.4, 0.5) is 0 Å². The molecule has 0 radical (unpaired) electrons. The predicted octanol–water partition coefficient (Wildman–Crippen LogP) is 0.386. The van der Waals surface area contributed by atoms with Crippen molar-refractivity contribution in [1.29, 1.82) is 0 Å². The minimum Gasteiger partial charge on any atom is -0.390 e. The molecule has 4 aliphatic rings. The molecule has 3 saturated heterocycles. The number of alkyl halides is 2. The molecule has 1 aliphatic carbocycles. The third kappa shape index (κ3) is 3.61. The quantitative estimate of drug-likeness (QED) is 0.407. The van der Waals surface area contributed by atoms with Gasteiger partial charge in [0.1, 0.15) is 24.0 Å². The summed E-state index contributed by atoms with van der Waals surface area (Å²) in [5.41, 5.74) is -1.54. The number of aliphatic hydroxyl groups excluding tert-OH is 2. The largest absolute Gasteiger partial charge is 0.390 e. The van der Waals surface area contributed by atoms with Crippen LogP contribution >= 0.6 is 23.2 Å². The van der Waals surface area contributed by atoms with E-state index in [9.17, 15) is 15.3 Å². The minimum absolute atomic E-state index is 0.0847. The summed E-state index contributed by atoms with van der Waals surface area (Å²) in [5.74, 6) is 0.303. The van der Waals surface area contributed by atoms with Crippen molar-refractivity contribution in [3.63, 3.8) is 0 Å². The minimum atomic E-state index is -1.54. The number of ether oxygens (including phenoxy) is 1. The van der Waals surface area contributed by atoms with E-state index in [0.29, 0.717) is 25.0 Å². The highest BCUT2D eigenvalue weighted by atomic mass is 35.5. The van der Waals surface area contributed by atoms with Gasteiger partial charge >= 0.3 is 0 Å².